The second-order valence-electron chi connectivity index (χ2n) is 8.23. The van der Waals surface area contributed by atoms with Crippen molar-refractivity contribution in [1.29, 1.82) is 0 Å². The lowest BCUT2D eigenvalue weighted by atomic mass is 9.98. The smallest absolute Gasteiger partial charge is 0.274 e. The van der Waals surface area contributed by atoms with E-state index in [1.165, 1.54) is 10.2 Å². The van der Waals surface area contributed by atoms with Gasteiger partial charge >= 0.3 is 0 Å². The number of hydrogen-bond donors (Lipinski definition) is 0. The van der Waals surface area contributed by atoms with Gasteiger partial charge in [-0.1, -0.05) is 30.3 Å². The van der Waals surface area contributed by atoms with Crippen molar-refractivity contribution in [2.45, 2.75) is 52.2 Å². The third kappa shape index (κ3) is 4.33. The summed E-state index contributed by atoms with van der Waals surface area (Å²) in [7, 11) is 0. The molecule has 1 saturated heterocycles. The van der Waals surface area contributed by atoms with Crippen molar-refractivity contribution >= 4 is 16.7 Å². The van der Waals surface area contributed by atoms with Crippen LogP contribution in [0.2, 0.25) is 0 Å². The van der Waals surface area contributed by atoms with Gasteiger partial charge < -0.3 is 9.64 Å². The molecule has 1 amide bonds. The molecule has 6 heteroatoms. The lowest BCUT2D eigenvalue weighted by Crippen LogP contribution is -2.43. The van der Waals surface area contributed by atoms with Gasteiger partial charge in [-0.3, -0.25) is 9.59 Å². The fraction of sp³-hybridized carbons (Fsp3) is 0.400. The number of ether oxygens (including phenoxy) is 1. The highest BCUT2D eigenvalue weighted by Gasteiger charge is 2.29. The maximum absolute atomic E-state index is 13.3. The lowest BCUT2D eigenvalue weighted by Gasteiger charge is -2.33. The number of fused-ring (bicyclic) bond motifs is 1. The minimum absolute atomic E-state index is 0.0490. The SMILES string of the molecule is CCn1nc([C@H](C)C(=O)N2CCC(Oc3cccc(C)c3)CC2)c2ccccc2c1=O. The first kappa shape index (κ1) is 21.1. The van der Waals surface area contributed by atoms with Crippen LogP contribution in [0.5, 0.6) is 5.75 Å². The van der Waals surface area contributed by atoms with E-state index in [9.17, 15) is 9.59 Å². The molecule has 0 N–H and O–H groups in total. The monoisotopic (exact) mass is 419 g/mol. The van der Waals surface area contributed by atoms with Crippen molar-refractivity contribution in [3.05, 3.63) is 70.1 Å². The van der Waals surface area contributed by atoms with Crippen molar-refractivity contribution < 1.29 is 9.53 Å². The Morgan fingerprint density at radius 3 is 2.52 bits per heavy atom. The second-order valence-corrected chi connectivity index (χ2v) is 8.23. The molecule has 1 fully saturated rings. The second kappa shape index (κ2) is 8.92. The third-order valence-corrected chi connectivity index (χ3v) is 6.02. The topological polar surface area (TPSA) is 64.4 Å². The molecule has 6 nitrogen and oxygen atoms in total. The van der Waals surface area contributed by atoms with Crippen molar-refractivity contribution in [3.8, 4) is 5.75 Å². The number of benzene rings is 2. The zero-order chi connectivity index (χ0) is 22.0. The van der Waals surface area contributed by atoms with Crippen LogP contribution in [0, 0.1) is 6.92 Å². The fourth-order valence-corrected chi connectivity index (χ4v) is 4.26. The predicted molar refractivity (Wildman–Crippen MR) is 122 cm³/mol. The Morgan fingerprint density at radius 2 is 1.84 bits per heavy atom. The van der Waals surface area contributed by atoms with E-state index in [4.69, 9.17) is 4.74 Å². The number of likely N-dealkylation sites (tertiary alicyclic amines) is 1. The largest absolute Gasteiger partial charge is 0.490 e. The zero-order valence-electron chi connectivity index (χ0n) is 18.4. The van der Waals surface area contributed by atoms with Gasteiger partial charge in [0.1, 0.15) is 11.9 Å². The van der Waals surface area contributed by atoms with Crippen LogP contribution in [0.4, 0.5) is 0 Å². The Labute approximate surface area is 182 Å². The molecule has 0 saturated carbocycles. The highest BCUT2D eigenvalue weighted by atomic mass is 16.5. The molecule has 1 aliphatic rings. The maximum atomic E-state index is 13.3. The fourth-order valence-electron chi connectivity index (χ4n) is 4.26. The van der Waals surface area contributed by atoms with Gasteiger partial charge in [0.05, 0.1) is 17.0 Å². The van der Waals surface area contributed by atoms with Gasteiger partial charge in [-0.25, -0.2) is 4.68 Å². The molecule has 3 aromatic rings. The Kier molecular flexibility index (Phi) is 6.07. The molecule has 2 aromatic carbocycles. The van der Waals surface area contributed by atoms with E-state index < -0.39 is 5.92 Å². The highest BCUT2D eigenvalue weighted by Crippen LogP contribution is 2.26. The van der Waals surface area contributed by atoms with Gasteiger partial charge in [0.2, 0.25) is 5.91 Å². The number of carbonyl (C=O) groups excluding carboxylic acids is 1. The Morgan fingerprint density at radius 1 is 1.13 bits per heavy atom. The van der Waals surface area contributed by atoms with Crippen LogP contribution in [0.1, 0.15) is 43.9 Å². The van der Waals surface area contributed by atoms with Crippen LogP contribution in [0.25, 0.3) is 10.8 Å². The quantitative estimate of drug-likeness (QED) is 0.629. The molecule has 0 radical (unpaired) electrons. The summed E-state index contributed by atoms with van der Waals surface area (Å²) in [5.74, 6) is 0.515. The predicted octanol–water partition coefficient (Wildman–Crippen LogP) is 3.90. The third-order valence-electron chi connectivity index (χ3n) is 6.02. The number of aromatic nitrogens is 2. The van der Waals surface area contributed by atoms with Crippen LogP contribution >= 0.6 is 0 Å². The van der Waals surface area contributed by atoms with E-state index in [0.29, 0.717) is 30.7 Å². The van der Waals surface area contributed by atoms with Crippen LogP contribution in [0.3, 0.4) is 0 Å². The molecule has 31 heavy (non-hydrogen) atoms. The molecule has 0 bridgehead atoms. The molecule has 1 aliphatic heterocycles. The maximum Gasteiger partial charge on any atom is 0.274 e. The molecule has 0 spiro atoms. The summed E-state index contributed by atoms with van der Waals surface area (Å²) in [6.07, 6.45) is 1.71. The van der Waals surface area contributed by atoms with E-state index in [-0.39, 0.29) is 17.6 Å². The number of hydrogen-bond acceptors (Lipinski definition) is 4. The summed E-state index contributed by atoms with van der Waals surface area (Å²) in [6.45, 7) is 7.61. The number of amides is 1. The Balaban J connectivity index is 1.48. The minimum atomic E-state index is -0.419. The summed E-state index contributed by atoms with van der Waals surface area (Å²) in [5.41, 5.74) is 1.72. The first-order valence-electron chi connectivity index (χ1n) is 11.0. The number of aryl methyl sites for hydroxylation is 2. The molecule has 1 atom stereocenters. The van der Waals surface area contributed by atoms with Crippen LogP contribution < -0.4 is 10.3 Å². The normalized spacial score (nSPS) is 15.8. The molecular formula is C25H29N3O3. The van der Waals surface area contributed by atoms with Gasteiger partial charge in [0, 0.05) is 37.9 Å². The van der Waals surface area contributed by atoms with Crippen LogP contribution in [-0.2, 0) is 11.3 Å². The van der Waals surface area contributed by atoms with Gasteiger partial charge in [0.25, 0.3) is 5.56 Å². The molecule has 4 rings (SSSR count). The van der Waals surface area contributed by atoms with Crippen LogP contribution in [0.15, 0.2) is 53.3 Å². The lowest BCUT2D eigenvalue weighted by molar-refractivity contribution is -0.134. The highest BCUT2D eigenvalue weighted by molar-refractivity contribution is 5.91. The molecule has 1 aromatic heterocycles. The van der Waals surface area contributed by atoms with E-state index in [0.717, 1.165) is 24.0 Å². The molecule has 2 heterocycles. The summed E-state index contributed by atoms with van der Waals surface area (Å²) >= 11 is 0. The van der Waals surface area contributed by atoms with E-state index >= 15 is 0 Å². The molecule has 0 unspecified atom stereocenters. The van der Waals surface area contributed by atoms with E-state index in [1.54, 1.807) is 6.07 Å². The van der Waals surface area contributed by atoms with Gasteiger partial charge in [-0.15, -0.1) is 0 Å². The Hall–Kier alpha value is -3.15. The summed E-state index contributed by atoms with van der Waals surface area (Å²) in [4.78, 5) is 27.8. The number of piperidine rings is 1. The average molecular weight is 420 g/mol. The van der Waals surface area contributed by atoms with Gasteiger partial charge in [-0.2, -0.15) is 5.10 Å². The summed E-state index contributed by atoms with van der Waals surface area (Å²) < 4.78 is 7.57. The first-order chi connectivity index (χ1) is 15.0. The molecular weight excluding hydrogens is 390 g/mol. The zero-order valence-corrected chi connectivity index (χ0v) is 18.4. The van der Waals surface area contributed by atoms with Gasteiger partial charge in [0.15, 0.2) is 0 Å². The minimum Gasteiger partial charge on any atom is -0.490 e. The van der Waals surface area contributed by atoms with E-state index in [1.807, 2.05) is 55.1 Å². The van der Waals surface area contributed by atoms with Crippen molar-refractivity contribution in [2.24, 2.45) is 0 Å². The van der Waals surface area contributed by atoms with Crippen molar-refractivity contribution in [2.75, 3.05) is 13.1 Å². The van der Waals surface area contributed by atoms with Crippen LogP contribution in [-0.4, -0.2) is 39.8 Å². The van der Waals surface area contributed by atoms with Crippen molar-refractivity contribution in [3.63, 3.8) is 0 Å². The van der Waals surface area contributed by atoms with Crippen molar-refractivity contribution in [1.82, 2.24) is 14.7 Å². The molecule has 162 valence electrons. The standard InChI is InChI=1S/C25H29N3O3/c1-4-28-25(30)22-11-6-5-10-21(22)23(26-28)18(3)24(29)27-14-12-19(13-15-27)31-20-9-7-8-17(2)16-20/h5-11,16,18-19H,4,12-15H2,1-3H3/t18-/m0/s1. The summed E-state index contributed by atoms with van der Waals surface area (Å²) in [6, 6.07) is 15.5. The summed E-state index contributed by atoms with van der Waals surface area (Å²) in [5, 5.41) is 5.92. The van der Waals surface area contributed by atoms with Gasteiger partial charge in [-0.05, 0) is 44.5 Å². The Bertz CT molecular complexity index is 1150. The first-order valence-corrected chi connectivity index (χ1v) is 11.0. The molecule has 0 aliphatic carbocycles. The number of rotatable bonds is 5. The number of nitrogens with zero attached hydrogens (tertiary/aromatic N) is 3. The van der Waals surface area contributed by atoms with E-state index in [2.05, 4.69) is 18.1 Å². The average Bonchev–Trinajstić information content (AvgIpc) is 2.79. The number of carbonyl (C=O) groups is 1.